The highest BCUT2D eigenvalue weighted by atomic mass is 35.5. The first kappa shape index (κ1) is 26.1. The highest BCUT2D eigenvalue weighted by Gasteiger charge is 2.26. The summed E-state index contributed by atoms with van der Waals surface area (Å²) in [6.45, 7) is 2.58. The Morgan fingerprint density at radius 2 is 1.75 bits per heavy atom. The number of rotatable bonds is 7. The van der Waals surface area contributed by atoms with Crippen LogP contribution >= 0.6 is 11.6 Å². The molecule has 4 rings (SSSR count). The zero-order valence-corrected chi connectivity index (χ0v) is 22.1. The maximum absolute atomic E-state index is 14.3. The van der Waals surface area contributed by atoms with Gasteiger partial charge in [0.25, 0.3) is 10.0 Å². The number of hydrogen-bond acceptors (Lipinski definition) is 7. The molecule has 0 aliphatic carbocycles. The molecule has 0 saturated carbocycles. The van der Waals surface area contributed by atoms with E-state index in [0.717, 1.165) is 9.88 Å². The Kier molecular flexibility index (Phi) is 7.15. The molecule has 192 valence electrons. The number of sulfonamides is 2. The summed E-state index contributed by atoms with van der Waals surface area (Å²) in [6.07, 6.45) is 2.37. The second-order valence-corrected chi connectivity index (χ2v) is 12.6. The summed E-state index contributed by atoms with van der Waals surface area (Å²) in [5.74, 6) is -0.465. The fourth-order valence-corrected chi connectivity index (χ4v) is 5.91. The molecule has 3 aromatic rings. The van der Waals surface area contributed by atoms with Crippen LogP contribution in [0.25, 0.3) is 5.57 Å². The Hall–Kier alpha value is -2.93. The van der Waals surface area contributed by atoms with Gasteiger partial charge in [0, 0.05) is 32.2 Å². The van der Waals surface area contributed by atoms with Gasteiger partial charge in [-0.15, -0.1) is 0 Å². The minimum absolute atomic E-state index is 0.0308. The molecule has 1 aromatic heterocycles. The van der Waals surface area contributed by atoms with Crippen LogP contribution in [0, 0.1) is 12.7 Å². The van der Waals surface area contributed by atoms with E-state index in [-0.39, 0.29) is 15.7 Å². The van der Waals surface area contributed by atoms with Crippen molar-refractivity contribution in [1.82, 2.24) is 9.46 Å². The van der Waals surface area contributed by atoms with Gasteiger partial charge in [-0.05, 0) is 61.4 Å². The molecule has 1 N–H and O–H groups in total. The van der Waals surface area contributed by atoms with Crippen molar-refractivity contribution in [2.24, 2.45) is 0 Å². The van der Waals surface area contributed by atoms with Gasteiger partial charge in [-0.3, -0.25) is 0 Å². The topological polar surface area (TPSA) is 113 Å². The molecule has 0 atom stereocenters. The van der Waals surface area contributed by atoms with Gasteiger partial charge in [-0.25, -0.2) is 30.3 Å². The average molecular weight is 555 g/mol. The Balaban J connectivity index is 1.56. The highest BCUT2D eigenvalue weighted by molar-refractivity contribution is 7.92. The van der Waals surface area contributed by atoms with Gasteiger partial charge in [0.05, 0.1) is 26.7 Å². The molecule has 0 unspecified atom stereocenters. The van der Waals surface area contributed by atoms with Gasteiger partial charge < -0.3 is 9.42 Å². The average Bonchev–Trinajstić information content (AvgIpc) is 3.18. The summed E-state index contributed by atoms with van der Waals surface area (Å²) in [4.78, 5) is 1.68. The number of aryl methyl sites for hydroxylation is 1. The molecule has 36 heavy (non-hydrogen) atoms. The van der Waals surface area contributed by atoms with Gasteiger partial charge in [0.1, 0.15) is 5.82 Å². The zero-order chi connectivity index (χ0) is 26.3. The lowest BCUT2D eigenvalue weighted by molar-refractivity contribution is 0.430. The van der Waals surface area contributed by atoms with Gasteiger partial charge in [-0.2, -0.15) is 0 Å². The second kappa shape index (κ2) is 9.85. The SMILES string of the molecule is Cc1noc(NS(=O)(=O)c2ccc(S(=O)(=O)N(C)C)cc2)c1C1=CCN(c2ccc(Cl)cc2F)CC1. The van der Waals surface area contributed by atoms with Crippen LogP contribution in [0.15, 0.2) is 62.9 Å². The van der Waals surface area contributed by atoms with Gasteiger partial charge in [0.15, 0.2) is 0 Å². The summed E-state index contributed by atoms with van der Waals surface area (Å²) < 4.78 is 73.6. The molecule has 1 aliphatic heterocycles. The summed E-state index contributed by atoms with van der Waals surface area (Å²) >= 11 is 5.85. The largest absolute Gasteiger partial charge is 0.365 e. The van der Waals surface area contributed by atoms with Crippen LogP contribution < -0.4 is 9.62 Å². The molecule has 0 radical (unpaired) electrons. The molecule has 0 fully saturated rings. The van der Waals surface area contributed by atoms with Crippen LogP contribution in [0.1, 0.15) is 17.7 Å². The van der Waals surface area contributed by atoms with E-state index in [9.17, 15) is 21.2 Å². The highest BCUT2D eigenvalue weighted by Crippen LogP contribution is 2.34. The monoisotopic (exact) mass is 554 g/mol. The molecular weight excluding hydrogens is 531 g/mol. The molecular formula is C23H24ClFN4O5S2. The summed E-state index contributed by atoms with van der Waals surface area (Å²) in [5.41, 5.74) is 2.25. The molecule has 0 bridgehead atoms. The summed E-state index contributed by atoms with van der Waals surface area (Å²) in [5, 5.41) is 4.24. The van der Waals surface area contributed by atoms with E-state index in [4.69, 9.17) is 16.1 Å². The molecule has 2 heterocycles. The van der Waals surface area contributed by atoms with E-state index < -0.39 is 25.9 Å². The van der Waals surface area contributed by atoms with Crippen molar-refractivity contribution < 1.29 is 25.7 Å². The number of benzene rings is 2. The van der Waals surface area contributed by atoms with E-state index >= 15 is 0 Å². The first-order valence-corrected chi connectivity index (χ1v) is 14.1. The molecule has 0 amide bonds. The maximum atomic E-state index is 14.3. The Morgan fingerprint density at radius 3 is 2.33 bits per heavy atom. The predicted octanol–water partition coefficient (Wildman–Crippen LogP) is 4.12. The lowest BCUT2D eigenvalue weighted by Gasteiger charge is -2.28. The van der Waals surface area contributed by atoms with Crippen molar-refractivity contribution in [3.05, 3.63) is 70.6 Å². The van der Waals surface area contributed by atoms with Crippen molar-refractivity contribution in [1.29, 1.82) is 0 Å². The van der Waals surface area contributed by atoms with E-state index in [1.165, 1.54) is 44.4 Å². The van der Waals surface area contributed by atoms with Gasteiger partial charge in [-0.1, -0.05) is 22.8 Å². The van der Waals surface area contributed by atoms with E-state index in [2.05, 4.69) is 9.88 Å². The molecule has 1 aliphatic rings. The van der Waals surface area contributed by atoms with Crippen molar-refractivity contribution in [3.63, 3.8) is 0 Å². The summed E-state index contributed by atoms with van der Waals surface area (Å²) in [7, 11) is -5.02. The third kappa shape index (κ3) is 5.12. The number of halogens is 2. The first-order chi connectivity index (χ1) is 16.9. The van der Waals surface area contributed by atoms with Crippen LogP contribution in [0.4, 0.5) is 16.0 Å². The Morgan fingerprint density at radius 1 is 1.08 bits per heavy atom. The fourth-order valence-electron chi connectivity index (χ4n) is 3.85. The van der Waals surface area contributed by atoms with Crippen molar-refractivity contribution in [3.8, 4) is 0 Å². The predicted molar refractivity (Wildman–Crippen MR) is 136 cm³/mol. The first-order valence-electron chi connectivity index (χ1n) is 10.8. The number of hydrogen-bond donors (Lipinski definition) is 1. The van der Waals surface area contributed by atoms with E-state index in [1.54, 1.807) is 19.1 Å². The quantitative estimate of drug-likeness (QED) is 0.467. The van der Waals surface area contributed by atoms with Gasteiger partial charge in [0.2, 0.25) is 15.9 Å². The lowest BCUT2D eigenvalue weighted by Crippen LogP contribution is -2.29. The summed E-state index contributed by atoms with van der Waals surface area (Å²) in [6, 6.07) is 9.37. The molecule has 13 heteroatoms. The zero-order valence-electron chi connectivity index (χ0n) is 19.7. The third-order valence-corrected chi connectivity index (χ3v) is 9.19. The Labute approximate surface area is 214 Å². The van der Waals surface area contributed by atoms with E-state index in [1.807, 2.05) is 11.0 Å². The number of nitrogens with one attached hydrogen (secondary N) is 1. The molecule has 0 saturated heterocycles. The normalized spacial score (nSPS) is 14.7. The molecule has 2 aromatic carbocycles. The standard InChI is InChI=1S/C23H24ClFN4O5S2/c1-15-22(16-10-12-29(13-11-16)21-9-4-17(24)14-20(21)25)23(34-26-15)27-35(30,31)18-5-7-19(8-6-18)36(32,33)28(2)3/h4-10,14,27H,11-13H2,1-3H3. The minimum Gasteiger partial charge on any atom is -0.365 e. The van der Waals surface area contributed by atoms with Crippen LogP contribution in [0.2, 0.25) is 5.02 Å². The van der Waals surface area contributed by atoms with Crippen molar-refractivity contribution >= 4 is 48.8 Å². The van der Waals surface area contributed by atoms with E-state index in [0.29, 0.717) is 41.5 Å². The molecule has 9 nitrogen and oxygen atoms in total. The van der Waals surface area contributed by atoms with Crippen LogP contribution in [0.3, 0.4) is 0 Å². The number of nitrogens with zero attached hydrogens (tertiary/aromatic N) is 3. The number of aromatic nitrogens is 1. The fraction of sp³-hybridized carbons (Fsp3) is 0.261. The maximum Gasteiger partial charge on any atom is 0.264 e. The van der Waals surface area contributed by atoms with Crippen LogP contribution in [0.5, 0.6) is 0 Å². The smallest absolute Gasteiger partial charge is 0.264 e. The Bertz CT molecular complexity index is 1530. The van der Waals surface area contributed by atoms with Crippen molar-refractivity contribution in [2.45, 2.75) is 23.1 Å². The van der Waals surface area contributed by atoms with Crippen molar-refractivity contribution in [2.75, 3.05) is 36.8 Å². The lowest BCUT2D eigenvalue weighted by atomic mass is 9.99. The van der Waals surface area contributed by atoms with Gasteiger partial charge >= 0.3 is 0 Å². The third-order valence-electron chi connectivity index (χ3n) is 5.78. The minimum atomic E-state index is -4.10. The number of anilines is 2. The molecule has 0 spiro atoms. The van der Waals surface area contributed by atoms with Crippen LogP contribution in [-0.2, 0) is 20.0 Å². The van der Waals surface area contributed by atoms with Crippen LogP contribution in [-0.4, -0.2) is 53.5 Å². The second-order valence-electron chi connectivity index (χ2n) is 8.36.